The van der Waals surface area contributed by atoms with Crippen molar-refractivity contribution in [1.29, 1.82) is 0 Å². The number of hydrogen-bond acceptors (Lipinski definition) is 5. The molecule has 1 aliphatic carbocycles. The molecule has 4 rings (SSSR count). The van der Waals surface area contributed by atoms with Crippen LogP contribution in [0.3, 0.4) is 0 Å². The van der Waals surface area contributed by atoms with Gasteiger partial charge in [-0.1, -0.05) is 44.0 Å². The van der Waals surface area contributed by atoms with Gasteiger partial charge in [0.15, 0.2) is 0 Å². The molecule has 160 valence electrons. The topological polar surface area (TPSA) is 64.9 Å². The maximum Gasteiger partial charge on any atom is 0.260 e. The van der Waals surface area contributed by atoms with Gasteiger partial charge in [0.25, 0.3) is 5.88 Å². The smallest absolute Gasteiger partial charge is 0.260 e. The Morgan fingerprint density at radius 1 is 1.23 bits per heavy atom. The highest BCUT2D eigenvalue weighted by Gasteiger charge is 2.19. The number of benzene rings is 1. The monoisotopic (exact) mass is 407 g/mol. The highest BCUT2D eigenvalue weighted by Crippen LogP contribution is 2.27. The molecule has 0 radical (unpaired) electrons. The van der Waals surface area contributed by atoms with E-state index >= 15 is 0 Å². The van der Waals surface area contributed by atoms with Crippen molar-refractivity contribution in [3.63, 3.8) is 0 Å². The van der Waals surface area contributed by atoms with E-state index in [0.717, 1.165) is 49.2 Å². The van der Waals surface area contributed by atoms with E-state index in [2.05, 4.69) is 51.3 Å². The van der Waals surface area contributed by atoms with Gasteiger partial charge in [-0.3, -0.25) is 0 Å². The van der Waals surface area contributed by atoms with Crippen LogP contribution in [-0.2, 0) is 19.5 Å². The molecule has 0 aliphatic heterocycles. The van der Waals surface area contributed by atoms with Crippen LogP contribution in [0, 0.1) is 0 Å². The van der Waals surface area contributed by atoms with Crippen molar-refractivity contribution in [3.05, 3.63) is 47.4 Å². The molecule has 1 aliphatic rings. The lowest BCUT2D eigenvalue weighted by atomic mass is 9.93. The third kappa shape index (κ3) is 4.81. The Morgan fingerprint density at radius 2 is 2.07 bits per heavy atom. The van der Waals surface area contributed by atoms with Crippen LogP contribution in [0.4, 0.5) is 0 Å². The van der Waals surface area contributed by atoms with E-state index < -0.39 is 0 Å². The first-order chi connectivity index (χ1) is 14.6. The number of nitrogens with one attached hydrogen (secondary N) is 1. The molecule has 0 spiro atoms. The summed E-state index contributed by atoms with van der Waals surface area (Å²) in [4.78, 5) is 4.88. The first-order valence-corrected chi connectivity index (χ1v) is 11.3. The highest BCUT2D eigenvalue weighted by atomic mass is 16.5. The molecule has 2 heterocycles. The molecule has 6 heteroatoms. The Kier molecular flexibility index (Phi) is 6.62. The molecule has 0 unspecified atom stereocenters. The Balaban J connectivity index is 1.64. The number of rotatable bonds is 10. The summed E-state index contributed by atoms with van der Waals surface area (Å²) in [5.41, 5.74) is 4.40. The fraction of sp³-hybridized carbons (Fsp3) is 0.542. The minimum absolute atomic E-state index is 0.0354. The van der Waals surface area contributed by atoms with Crippen LogP contribution in [-0.4, -0.2) is 31.9 Å². The van der Waals surface area contributed by atoms with Gasteiger partial charge in [0, 0.05) is 25.6 Å². The number of nitrogens with zero attached hydrogens (tertiary/aromatic N) is 4. The summed E-state index contributed by atoms with van der Waals surface area (Å²) in [5, 5.41) is 12.1. The van der Waals surface area contributed by atoms with E-state index in [1.165, 1.54) is 30.4 Å². The van der Waals surface area contributed by atoms with Crippen molar-refractivity contribution in [3.8, 4) is 5.88 Å². The van der Waals surface area contributed by atoms with Gasteiger partial charge in [-0.05, 0) is 44.2 Å². The molecule has 0 atom stereocenters. The van der Waals surface area contributed by atoms with Gasteiger partial charge in [0.1, 0.15) is 16.9 Å². The molecule has 1 N–H and O–H groups in total. The molecule has 6 nitrogen and oxygen atoms in total. The van der Waals surface area contributed by atoms with Gasteiger partial charge in [0.05, 0.1) is 12.3 Å². The fourth-order valence-electron chi connectivity index (χ4n) is 3.91. The lowest BCUT2D eigenvalue weighted by Crippen LogP contribution is -2.34. The summed E-state index contributed by atoms with van der Waals surface area (Å²) in [5.74, 6) is 1.65. The number of fused-ring (bicyclic) bond motifs is 1. The third-order valence-electron chi connectivity index (χ3n) is 5.74. The summed E-state index contributed by atoms with van der Waals surface area (Å²) in [7, 11) is 0. The number of hydrogen-bond donors (Lipinski definition) is 1. The number of aromatic nitrogens is 4. The number of imidazole rings is 1. The van der Waals surface area contributed by atoms with Crippen LogP contribution in [0.5, 0.6) is 5.88 Å². The van der Waals surface area contributed by atoms with Gasteiger partial charge in [-0.2, -0.15) is 5.10 Å². The minimum Gasteiger partial charge on any atom is -0.472 e. The SMILES string of the molecule is CCCCc1nc2cnnc(OC(C)C)c2n1Cc1cccc(CNC2CCC2)c1. The molecular weight excluding hydrogens is 374 g/mol. The highest BCUT2D eigenvalue weighted by molar-refractivity contribution is 5.80. The summed E-state index contributed by atoms with van der Waals surface area (Å²) < 4.78 is 8.26. The maximum absolute atomic E-state index is 5.99. The van der Waals surface area contributed by atoms with Crippen molar-refractivity contribution in [2.45, 2.75) is 84.5 Å². The van der Waals surface area contributed by atoms with Gasteiger partial charge >= 0.3 is 0 Å². The molecular formula is C24H33N5O. The van der Waals surface area contributed by atoms with Crippen molar-refractivity contribution < 1.29 is 4.74 Å². The molecule has 3 aromatic rings. The van der Waals surface area contributed by atoms with Crippen LogP contribution in [0.1, 0.15) is 69.8 Å². The number of aryl methyl sites for hydroxylation is 1. The molecule has 0 bridgehead atoms. The average molecular weight is 408 g/mol. The standard InChI is InChI=1S/C24H33N5O/c1-4-5-12-22-27-21-15-26-28-24(30-17(2)3)23(21)29(22)16-19-9-6-8-18(13-19)14-25-20-10-7-11-20/h6,8-9,13,15,17,20,25H,4-5,7,10-12,14,16H2,1-3H3. The number of unbranched alkanes of at least 4 members (excludes halogenated alkanes) is 1. The lowest BCUT2D eigenvalue weighted by molar-refractivity contribution is 0.232. The Labute approximate surface area is 179 Å². The average Bonchev–Trinajstić information content (AvgIpc) is 3.03. The Bertz CT molecular complexity index is 977. The predicted octanol–water partition coefficient (Wildman–Crippen LogP) is 4.65. The molecule has 2 aromatic heterocycles. The first kappa shape index (κ1) is 20.8. The van der Waals surface area contributed by atoms with Gasteiger partial charge < -0.3 is 14.6 Å². The van der Waals surface area contributed by atoms with Crippen LogP contribution in [0.15, 0.2) is 30.5 Å². The summed E-state index contributed by atoms with van der Waals surface area (Å²) in [6.07, 6.45) is 8.93. The van der Waals surface area contributed by atoms with Crippen molar-refractivity contribution >= 4 is 11.0 Å². The van der Waals surface area contributed by atoms with E-state index in [0.29, 0.717) is 11.9 Å². The molecule has 30 heavy (non-hydrogen) atoms. The van der Waals surface area contributed by atoms with Crippen LogP contribution in [0.25, 0.3) is 11.0 Å². The second kappa shape index (κ2) is 9.56. The summed E-state index contributed by atoms with van der Waals surface area (Å²) >= 11 is 0. The minimum atomic E-state index is 0.0354. The lowest BCUT2D eigenvalue weighted by Gasteiger charge is -2.26. The van der Waals surface area contributed by atoms with Crippen molar-refractivity contribution in [2.75, 3.05) is 0 Å². The van der Waals surface area contributed by atoms with Crippen molar-refractivity contribution in [2.24, 2.45) is 0 Å². The van der Waals surface area contributed by atoms with Crippen LogP contribution < -0.4 is 10.1 Å². The summed E-state index contributed by atoms with van der Waals surface area (Å²) in [6, 6.07) is 9.56. The Hall–Kier alpha value is -2.47. The molecule has 1 aromatic carbocycles. The van der Waals surface area contributed by atoms with Crippen LogP contribution >= 0.6 is 0 Å². The second-order valence-electron chi connectivity index (χ2n) is 8.60. The first-order valence-electron chi connectivity index (χ1n) is 11.3. The fourth-order valence-corrected chi connectivity index (χ4v) is 3.91. The predicted molar refractivity (Wildman–Crippen MR) is 120 cm³/mol. The van der Waals surface area contributed by atoms with Crippen molar-refractivity contribution in [1.82, 2.24) is 25.1 Å². The van der Waals surface area contributed by atoms with Crippen LogP contribution in [0.2, 0.25) is 0 Å². The van der Waals surface area contributed by atoms with E-state index in [1.807, 2.05) is 13.8 Å². The van der Waals surface area contributed by atoms with E-state index in [4.69, 9.17) is 9.72 Å². The normalized spacial score (nSPS) is 14.4. The number of ether oxygens (including phenoxy) is 1. The Morgan fingerprint density at radius 3 is 2.80 bits per heavy atom. The van der Waals surface area contributed by atoms with E-state index in [-0.39, 0.29) is 6.10 Å². The zero-order valence-electron chi connectivity index (χ0n) is 18.4. The molecule has 0 amide bonds. The maximum atomic E-state index is 5.99. The van der Waals surface area contributed by atoms with Gasteiger partial charge in [-0.15, -0.1) is 5.10 Å². The quantitative estimate of drug-likeness (QED) is 0.530. The van der Waals surface area contributed by atoms with E-state index in [1.54, 1.807) is 6.20 Å². The zero-order valence-corrected chi connectivity index (χ0v) is 18.4. The van der Waals surface area contributed by atoms with Gasteiger partial charge in [0.2, 0.25) is 0 Å². The molecule has 1 saturated carbocycles. The second-order valence-corrected chi connectivity index (χ2v) is 8.60. The molecule has 0 saturated heterocycles. The zero-order chi connectivity index (χ0) is 20.9. The summed E-state index contributed by atoms with van der Waals surface area (Å²) in [6.45, 7) is 7.92. The largest absolute Gasteiger partial charge is 0.472 e. The van der Waals surface area contributed by atoms with Gasteiger partial charge in [-0.25, -0.2) is 4.98 Å². The third-order valence-corrected chi connectivity index (χ3v) is 5.74. The van der Waals surface area contributed by atoms with E-state index in [9.17, 15) is 0 Å². The molecule has 1 fully saturated rings.